The predicted octanol–water partition coefficient (Wildman–Crippen LogP) is 3.28. The van der Waals surface area contributed by atoms with Crippen molar-refractivity contribution in [3.63, 3.8) is 0 Å². The molecule has 3 aromatic rings. The van der Waals surface area contributed by atoms with E-state index in [9.17, 15) is 0 Å². The Balaban J connectivity index is 0.00000504. The molecular formula is C50H73Cl3SiTi. The molecule has 0 aliphatic heterocycles. The van der Waals surface area contributed by atoms with Crippen LogP contribution in [0.1, 0.15) is 178 Å². The fourth-order valence-corrected chi connectivity index (χ4v) is 14.3. The normalized spacial score (nSPS) is 14.7. The van der Waals surface area contributed by atoms with E-state index in [1.54, 1.807) is 10.8 Å². The van der Waals surface area contributed by atoms with Crippen LogP contribution in [0.5, 0.6) is 0 Å². The summed E-state index contributed by atoms with van der Waals surface area (Å²) < 4.78 is 1.47. The van der Waals surface area contributed by atoms with E-state index in [-0.39, 0.29) is 69.7 Å². The first-order chi connectivity index (χ1) is 23.3. The molecule has 0 spiro atoms. The van der Waals surface area contributed by atoms with Gasteiger partial charge in [-0.25, -0.2) is 0 Å². The van der Waals surface area contributed by atoms with Gasteiger partial charge in [0.15, 0.2) is 0 Å². The second-order valence-corrected chi connectivity index (χ2v) is 27.2. The van der Waals surface area contributed by atoms with E-state index in [0.29, 0.717) is 5.92 Å². The largest absolute Gasteiger partial charge is 1.00 e. The molecule has 55 heavy (non-hydrogen) atoms. The van der Waals surface area contributed by atoms with E-state index >= 15 is 0 Å². The molecule has 0 atom stereocenters. The van der Waals surface area contributed by atoms with Crippen molar-refractivity contribution >= 4 is 23.6 Å². The Bertz CT molecular complexity index is 1610. The van der Waals surface area contributed by atoms with Crippen LogP contribution < -0.4 is 52.8 Å². The monoisotopic (exact) mass is 854 g/mol. The average molecular weight is 856 g/mol. The first-order valence-electron chi connectivity index (χ1n) is 19.9. The van der Waals surface area contributed by atoms with Crippen molar-refractivity contribution in [1.82, 2.24) is 0 Å². The molecule has 0 saturated carbocycles. The van der Waals surface area contributed by atoms with Gasteiger partial charge in [-0.1, -0.05) is 0 Å². The quantitative estimate of drug-likeness (QED) is 0.274. The summed E-state index contributed by atoms with van der Waals surface area (Å²) in [6.45, 7) is 48.1. The van der Waals surface area contributed by atoms with Crippen molar-refractivity contribution in [2.45, 2.75) is 177 Å². The molecule has 0 saturated heterocycles. The first-order valence-corrected chi connectivity index (χ1v) is 22.7. The van der Waals surface area contributed by atoms with Crippen LogP contribution in [-0.4, -0.2) is 8.07 Å². The molecular weight excluding hydrogens is 783 g/mol. The summed E-state index contributed by atoms with van der Waals surface area (Å²) in [4.78, 5) is 0. The first kappa shape index (κ1) is 52.0. The Morgan fingerprint density at radius 1 is 0.418 bits per heavy atom. The number of hydrogen-bond donors (Lipinski definition) is 0. The molecule has 0 N–H and O–H groups in total. The Labute approximate surface area is 370 Å². The van der Waals surface area contributed by atoms with Gasteiger partial charge in [-0.3, -0.25) is 0 Å². The molecule has 0 bridgehead atoms. The summed E-state index contributed by atoms with van der Waals surface area (Å²) in [7, 11) is -2.99. The van der Waals surface area contributed by atoms with Crippen molar-refractivity contribution in [3.8, 4) is 0 Å². The fraction of sp³-hybridized carbons (Fsp3) is 0.560. The molecule has 5 heteroatoms. The molecule has 302 valence electrons. The fourth-order valence-electron chi connectivity index (χ4n) is 7.75. The van der Waals surface area contributed by atoms with Crippen molar-refractivity contribution in [2.75, 3.05) is 0 Å². The molecule has 0 radical (unpaired) electrons. The number of benzene rings is 3. The second-order valence-electron chi connectivity index (χ2n) is 22.5. The van der Waals surface area contributed by atoms with Crippen LogP contribution in [0.25, 0.3) is 0 Å². The number of halogens is 3. The van der Waals surface area contributed by atoms with Gasteiger partial charge in [-0.2, -0.15) is 0 Å². The zero-order chi connectivity index (χ0) is 39.8. The van der Waals surface area contributed by atoms with Crippen LogP contribution in [0.3, 0.4) is 0 Å². The molecule has 0 fully saturated rings. The van der Waals surface area contributed by atoms with Crippen molar-refractivity contribution in [1.29, 1.82) is 0 Å². The Morgan fingerprint density at radius 3 is 0.818 bits per heavy atom. The third-order valence-corrected chi connectivity index (χ3v) is 17.0. The van der Waals surface area contributed by atoms with Gasteiger partial charge in [0, 0.05) is 0 Å². The molecule has 1 aliphatic rings. The Morgan fingerprint density at radius 2 is 0.636 bits per heavy atom. The zero-order valence-corrected chi connectivity index (χ0v) is 43.0. The van der Waals surface area contributed by atoms with Crippen LogP contribution in [0.15, 0.2) is 75.3 Å². The van der Waals surface area contributed by atoms with E-state index in [1.165, 1.54) is 52.8 Å². The Kier molecular flexibility index (Phi) is 16.3. The summed E-state index contributed by atoms with van der Waals surface area (Å²) in [5, 5.41) is 6.30. The van der Waals surface area contributed by atoms with Crippen LogP contribution >= 0.6 is 0 Å². The number of rotatable bonds is 5. The molecule has 0 unspecified atom stereocenters. The van der Waals surface area contributed by atoms with E-state index in [1.807, 2.05) is 0 Å². The van der Waals surface area contributed by atoms with Crippen molar-refractivity contribution < 1.29 is 57.7 Å². The van der Waals surface area contributed by atoms with E-state index < -0.39 is 8.07 Å². The van der Waals surface area contributed by atoms with Crippen molar-refractivity contribution in [3.05, 3.63) is 109 Å². The molecule has 0 heterocycles. The molecule has 3 aromatic carbocycles. The Hall–Kier alpha value is -1.06. The predicted molar refractivity (Wildman–Crippen MR) is 231 cm³/mol. The SMILES string of the molecule is CC(C)C1=C([Si](c2cc(C(C)(C)C)cc(C(C)(C)C)c2)(c2cc(C(C)(C)C)cc(C(C)(C)C)c2)c2cc(C(C)(C)C)cc(C(C)(C)C)c2)CC=[C]1[Ti+3].[Cl-].[Cl-].[Cl-]. The van der Waals surface area contributed by atoms with Gasteiger partial charge in [-0.05, 0) is 0 Å². The molecule has 1 aliphatic carbocycles. The maximum absolute atomic E-state index is 2.99. The minimum atomic E-state index is -2.99. The third-order valence-electron chi connectivity index (χ3n) is 11.4. The van der Waals surface area contributed by atoms with Gasteiger partial charge in [0.05, 0.1) is 0 Å². The topological polar surface area (TPSA) is 0 Å². The van der Waals surface area contributed by atoms with Gasteiger partial charge in [0.25, 0.3) is 0 Å². The average Bonchev–Trinajstić information content (AvgIpc) is 3.36. The summed E-state index contributed by atoms with van der Waals surface area (Å²) in [6, 6.07) is 23.6. The summed E-state index contributed by atoms with van der Waals surface area (Å²) in [5.41, 5.74) is 10.2. The van der Waals surface area contributed by atoms with E-state index in [0.717, 1.165) is 6.42 Å². The van der Waals surface area contributed by atoms with Crippen LogP contribution in [0.2, 0.25) is 0 Å². The summed E-state index contributed by atoms with van der Waals surface area (Å²) in [6.07, 6.45) is 3.56. The number of allylic oxidation sites excluding steroid dienone is 4. The maximum atomic E-state index is 2.67. The second kappa shape index (κ2) is 17.3. The van der Waals surface area contributed by atoms with Crippen LogP contribution in [-0.2, 0) is 52.9 Å². The van der Waals surface area contributed by atoms with Crippen LogP contribution in [0, 0.1) is 5.92 Å². The smallest absolute Gasteiger partial charge is 1.00 e. The summed E-state index contributed by atoms with van der Waals surface area (Å²) in [5.74, 6) is 0.425. The maximum Gasteiger partial charge on any atom is -1.00 e. The number of hydrogen-bond acceptors (Lipinski definition) is 0. The van der Waals surface area contributed by atoms with E-state index in [4.69, 9.17) is 0 Å². The van der Waals surface area contributed by atoms with Gasteiger partial charge in [0.1, 0.15) is 0 Å². The molecule has 0 amide bonds. The van der Waals surface area contributed by atoms with Crippen LogP contribution in [0.4, 0.5) is 0 Å². The molecule has 4 rings (SSSR count). The van der Waals surface area contributed by atoms with Gasteiger partial charge in [-0.15, -0.1) is 0 Å². The third kappa shape index (κ3) is 11.0. The molecule has 0 nitrogen and oxygen atoms in total. The van der Waals surface area contributed by atoms with Gasteiger partial charge < -0.3 is 37.2 Å². The van der Waals surface area contributed by atoms with Crippen molar-refractivity contribution in [2.24, 2.45) is 5.92 Å². The molecule has 0 aromatic heterocycles. The van der Waals surface area contributed by atoms with Gasteiger partial charge in [0.2, 0.25) is 0 Å². The van der Waals surface area contributed by atoms with E-state index in [2.05, 4.69) is 220 Å². The standard InChI is InChI=1S/C50H73Si.3ClH.Ti/c1-33(2)43-22-21-23-44(43)51(40-27-34(45(3,4)5)24-35(28-40)46(6,7)8,41-29-36(47(9,10)11)25-37(30-41)48(12,13)14)42-31-38(49(15,16)17)26-39(32-42)50(18,19)20;;;;/h21,24-33H,23H2,1-20H3;3*1H;/q;;;;+3/p-3. The summed E-state index contributed by atoms with van der Waals surface area (Å²) >= 11 is 2.38. The minimum Gasteiger partial charge on any atom is -1.00 e. The minimum absolute atomic E-state index is 0. The van der Waals surface area contributed by atoms with Gasteiger partial charge >= 0.3 is 336 Å². The zero-order valence-electron chi connectivity index (χ0n) is 38.2.